The summed E-state index contributed by atoms with van der Waals surface area (Å²) in [7, 11) is 0. The first-order valence-electron chi connectivity index (χ1n) is 7.33. The summed E-state index contributed by atoms with van der Waals surface area (Å²) < 4.78 is 6.08. The van der Waals surface area contributed by atoms with Gasteiger partial charge in [-0.3, -0.25) is 0 Å². The number of benzene rings is 2. The van der Waals surface area contributed by atoms with Gasteiger partial charge in [0.1, 0.15) is 11.4 Å². The third-order valence-electron chi connectivity index (χ3n) is 3.90. The summed E-state index contributed by atoms with van der Waals surface area (Å²) >= 11 is 0. The number of fused-ring (bicyclic) bond motifs is 1. The first-order valence-corrected chi connectivity index (χ1v) is 7.33. The number of anilines is 2. The number of nitrogen functional groups attached to an aromatic ring is 1. The number of ether oxygens (including phenoxy) is 1. The summed E-state index contributed by atoms with van der Waals surface area (Å²) in [5.74, 6) is 0.875. The van der Waals surface area contributed by atoms with Crippen LogP contribution in [0, 0.1) is 6.92 Å². The van der Waals surface area contributed by atoms with E-state index < -0.39 is 0 Å². The molecular weight excluding hydrogens is 260 g/mol. The molecule has 1 heterocycles. The first kappa shape index (κ1) is 13.8. The molecule has 0 aliphatic carbocycles. The quantitative estimate of drug-likeness (QED) is 0.852. The molecule has 1 aliphatic rings. The normalized spacial score (nSPS) is 16.2. The monoisotopic (exact) mass is 282 g/mol. The summed E-state index contributed by atoms with van der Waals surface area (Å²) in [6, 6.07) is 14.4. The highest BCUT2D eigenvalue weighted by Crippen LogP contribution is 2.39. The Morgan fingerprint density at radius 2 is 1.95 bits per heavy atom. The maximum atomic E-state index is 6.08. The van der Waals surface area contributed by atoms with E-state index in [4.69, 9.17) is 10.5 Å². The predicted octanol–water partition coefficient (Wildman–Crippen LogP) is 3.75. The van der Waals surface area contributed by atoms with Gasteiger partial charge in [-0.25, -0.2) is 0 Å². The Morgan fingerprint density at radius 1 is 1.19 bits per heavy atom. The Balaban J connectivity index is 1.97. The van der Waals surface area contributed by atoms with E-state index in [0.717, 1.165) is 30.2 Å². The van der Waals surface area contributed by atoms with Gasteiger partial charge in [0, 0.05) is 18.3 Å². The minimum Gasteiger partial charge on any atom is -0.484 e. The lowest BCUT2D eigenvalue weighted by atomic mass is 10.0. The van der Waals surface area contributed by atoms with E-state index in [1.165, 1.54) is 11.1 Å². The first-order chi connectivity index (χ1) is 9.94. The minimum atomic E-state index is -0.219. The maximum Gasteiger partial charge on any atom is 0.145 e. The Kier molecular flexibility index (Phi) is 3.28. The standard InChI is InChI=1S/C18H22N2O/c1-13-6-4-5-7-14(13)11-20-12-18(2,3)21-17-10-15(19)8-9-16(17)20/h4-10H,11-12,19H2,1-3H3. The molecule has 3 rings (SSSR count). The van der Waals surface area contributed by atoms with Crippen LogP contribution in [0.1, 0.15) is 25.0 Å². The zero-order valence-electron chi connectivity index (χ0n) is 12.9. The molecule has 0 radical (unpaired) electrons. The number of aryl methyl sites for hydroxylation is 1. The highest BCUT2D eigenvalue weighted by molar-refractivity contribution is 5.65. The molecule has 0 atom stereocenters. The number of nitrogens with two attached hydrogens (primary N) is 1. The summed E-state index contributed by atoms with van der Waals surface area (Å²) in [6.45, 7) is 8.13. The molecule has 0 fully saturated rings. The molecule has 0 unspecified atom stereocenters. The molecule has 3 heteroatoms. The highest BCUT2D eigenvalue weighted by atomic mass is 16.5. The molecule has 2 aromatic carbocycles. The van der Waals surface area contributed by atoms with Gasteiger partial charge in [0.2, 0.25) is 0 Å². The van der Waals surface area contributed by atoms with E-state index in [9.17, 15) is 0 Å². The van der Waals surface area contributed by atoms with Crippen LogP contribution in [0.2, 0.25) is 0 Å². The van der Waals surface area contributed by atoms with Gasteiger partial charge in [-0.05, 0) is 44.0 Å². The second-order valence-electron chi connectivity index (χ2n) is 6.37. The Bertz CT molecular complexity index is 664. The van der Waals surface area contributed by atoms with Crippen LogP contribution in [-0.4, -0.2) is 12.1 Å². The average Bonchev–Trinajstić information content (AvgIpc) is 2.39. The smallest absolute Gasteiger partial charge is 0.145 e. The van der Waals surface area contributed by atoms with Crippen LogP contribution < -0.4 is 15.4 Å². The van der Waals surface area contributed by atoms with Crippen LogP contribution in [0.3, 0.4) is 0 Å². The third kappa shape index (κ3) is 2.82. The van der Waals surface area contributed by atoms with E-state index in [2.05, 4.69) is 56.0 Å². The molecule has 0 spiro atoms. The van der Waals surface area contributed by atoms with Crippen LogP contribution in [0.25, 0.3) is 0 Å². The van der Waals surface area contributed by atoms with Crippen LogP contribution in [0.5, 0.6) is 5.75 Å². The molecule has 0 aromatic heterocycles. The fourth-order valence-electron chi connectivity index (χ4n) is 2.88. The zero-order chi connectivity index (χ0) is 15.0. The molecule has 0 saturated heterocycles. The molecule has 21 heavy (non-hydrogen) atoms. The highest BCUT2D eigenvalue weighted by Gasteiger charge is 2.31. The van der Waals surface area contributed by atoms with Crippen molar-refractivity contribution in [2.75, 3.05) is 17.2 Å². The molecule has 110 valence electrons. The largest absolute Gasteiger partial charge is 0.484 e. The van der Waals surface area contributed by atoms with Crippen molar-refractivity contribution >= 4 is 11.4 Å². The Morgan fingerprint density at radius 3 is 2.71 bits per heavy atom. The van der Waals surface area contributed by atoms with Gasteiger partial charge in [-0.1, -0.05) is 24.3 Å². The topological polar surface area (TPSA) is 38.5 Å². The van der Waals surface area contributed by atoms with Crippen LogP contribution in [0.15, 0.2) is 42.5 Å². The molecular formula is C18H22N2O. The van der Waals surface area contributed by atoms with Crippen molar-refractivity contribution in [2.24, 2.45) is 0 Å². The van der Waals surface area contributed by atoms with Gasteiger partial charge in [0.25, 0.3) is 0 Å². The molecule has 2 aromatic rings. The number of hydrogen-bond donors (Lipinski definition) is 1. The van der Waals surface area contributed by atoms with E-state index in [1.54, 1.807) is 0 Å². The summed E-state index contributed by atoms with van der Waals surface area (Å²) in [4.78, 5) is 2.38. The number of hydrogen-bond acceptors (Lipinski definition) is 3. The van der Waals surface area contributed by atoms with Crippen LogP contribution >= 0.6 is 0 Å². The van der Waals surface area contributed by atoms with Crippen LogP contribution in [0.4, 0.5) is 11.4 Å². The summed E-state index contributed by atoms with van der Waals surface area (Å²) in [5, 5.41) is 0. The average molecular weight is 282 g/mol. The van der Waals surface area contributed by atoms with E-state index in [0.29, 0.717) is 0 Å². The van der Waals surface area contributed by atoms with E-state index >= 15 is 0 Å². The van der Waals surface area contributed by atoms with Gasteiger partial charge < -0.3 is 15.4 Å². The van der Waals surface area contributed by atoms with Crippen molar-refractivity contribution in [2.45, 2.75) is 32.9 Å². The molecule has 2 N–H and O–H groups in total. The number of rotatable bonds is 2. The lowest BCUT2D eigenvalue weighted by molar-refractivity contribution is 0.104. The fraction of sp³-hybridized carbons (Fsp3) is 0.333. The Labute approximate surface area is 126 Å². The predicted molar refractivity (Wildman–Crippen MR) is 87.8 cm³/mol. The van der Waals surface area contributed by atoms with Crippen molar-refractivity contribution in [1.82, 2.24) is 0 Å². The van der Waals surface area contributed by atoms with E-state index in [1.807, 2.05) is 12.1 Å². The Hall–Kier alpha value is -2.16. The third-order valence-corrected chi connectivity index (χ3v) is 3.90. The lowest BCUT2D eigenvalue weighted by Gasteiger charge is -2.41. The molecule has 0 amide bonds. The molecule has 0 saturated carbocycles. The number of nitrogens with zero attached hydrogens (tertiary/aromatic N) is 1. The maximum absolute atomic E-state index is 6.08. The van der Waals surface area contributed by atoms with Crippen molar-refractivity contribution in [1.29, 1.82) is 0 Å². The van der Waals surface area contributed by atoms with Crippen molar-refractivity contribution in [3.8, 4) is 5.75 Å². The van der Waals surface area contributed by atoms with Gasteiger partial charge in [-0.15, -0.1) is 0 Å². The summed E-state index contributed by atoms with van der Waals surface area (Å²) in [6.07, 6.45) is 0. The molecule has 3 nitrogen and oxygen atoms in total. The van der Waals surface area contributed by atoms with Gasteiger partial charge in [0.05, 0.1) is 12.2 Å². The lowest BCUT2D eigenvalue weighted by Crippen LogP contribution is -2.46. The van der Waals surface area contributed by atoms with E-state index in [-0.39, 0.29) is 5.60 Å². The van der Waals surface area contributed by atoms with Gasteiger partial charge in [0.15, 0.2) is 0 Å². The summed E-state index contributed by atoms with van der Waals surface area (Å²) in [5.41, 5.74) is 10.2. The second-order valence-corrected chi connectivity index (χ2v) is 6.37. The van der Waals surface area contributed by atoms with Crippen LogP contribution in [-0.2, 0) is 6.54 Å². The zero-order valence-corrected chi connectivity index (χ0v) is 12.9. The molecule has 0 bridgehead atoms. The van der Waals surface area contributed by atoms with Crippen molar-refractivity contribution in [3.05, 3.63) is 53.6 Å². The van der Waals surface area contributed by atoms with Gasteiger partial charge in [-0.2, -0.15) is 0 Å². The van der Waals surface area contributed by atoms with Crippen molar-refractivity contribution < 1.29 is 4.74 Å². The van der Waals surface area contributed by atoms with Crippen molar-refractivity contribution in [3.63, 3.8) is 0 Å². The fourth-order valence-corrected chi connectivity index (χ4v) is 2.88. The SMILES string of the molecule is Cc1ccccc1CN1CC(C)(C)Oc2cc(N)ccc21. The van der Waals surface area contributed by atoms with Gasteiger partial charge >= 0.3 is 0 Å². The minimum absolute atomic E-state index is 0.219. The molecule has 1 aliphatic heterocycles. The second kappa shape index (κ2) is 4.99.